The first-order chi connectivity index (χ1) is 6.74. The number of aryl methyl sites for hydroxylation is 1. The molecule has 0 aliphatic heterocycles. The van der Waals surface area contributed by atoms with Gasteiger partial charge in [-0.3, -0.25) is 4.98 Å². The van der Waals surface area contributed by atoms with Gasteiger partial charge in [-0.2, -0.15) is 0 Å². The monoisotopic (exact) mass is 196 g/mol. The van der Waals surface area contributed by atoms with Crippen LogP contribution < -0.4 is 4.74 Å². The van der Waals surface area contributed by atoms with E-state index in [0.29, 0.717) is 22.6 Å². The quantitative estimate of drug-likeness (QED) is 0.424. The third-order valence-corrected chi connectivity index (χ3v) is 1.89. The van der Waals surface area contributed by atoms with Gasteiger partial charge in [-0.05, 0) is 6.92 Å². The Morgan fingerprint density at radius 1 is 1.64 bits per heavy atom. The van der Waals surface area contributed by atoms with Crippen molar-refractivity contribution in [3.05, 3.63) is 23.0 Å². The number of pyridine rings is 1. The molecule has 0 aromatic carbocycles. The normalized spacial score (nSPS) is 10.8. The molecule has 0 bridgehead atoms. The molecule has 0 unspecified atom stereocenters. The molecule has 5 heteroatoms. The summed E-state index contributed by atoms with van der Waals surface area (Å²) < 4.78 is 5.10. The molecular weight excluding hydrogens is 184 g/mol. The molecule has 0 saturated heterocycles. The van der Waals surface area contributed by atoms with Crippen molar-refractivity contribution < 1.29 is 15.1 Å². The van der Waals surface area contributed by atoms with Gasteiger partial charge in [0.15, 0.2) is 0 Å². The summed E-state index contributed by atoms with van der Waals surface area (Å²) >= 11 is 0. The summed E-state index contributed by atoms with van der Waals surface area (Å²) in [7, 11) is 1.50. The summed E-state index contributed by atoms with van der Waals surface area (Å²) in [6, 6.07) is 0. The van der Waals surface area contributed by atoms with Crippen molar-refractivity contribution in [2.75, 3.05) is 7.11 Å². The highest BCUT2D eigenvalue weighted by Gasteiger charge is 2.10. The van der Waals surface area contributed by atoms with Crippen LogP contribution in [0.15, 0.2) is 11.4 Å². The van der Waals surface area contributed by atoms with E-state index >= 15 is 0 Å². The van der Waals surface area contributed by atoms with Gasteiger partial charge in [0.25, 0.3) is 0 Å². The largest absolute Gasteiger partial charge is 0.494 e. The standard InChI is InChI=1S/C9H12N2O3/c1-6-9(14-2)8(4-11-13)7(5-12)3-10-6/h3-4,12-13H,5H2,1-2H3/b11-4+. The molecule has 0 amide bonds. The van der Waals surface area contributed by atoms with Gasteiger partial charge in [-0.25, -0.2) is 0 Å². The molecule has 0 atom stereocenters. The predicted octanol–water partition coefficient (Wildman–Crippen LogP) is 0.699. The van der Waals surface area contributed by atoms with E-state index in [2.05, 4.69) is 10.1 Å². The maximum atomic E-state index is 9.02. The van der Waals surface area contributed by atoms with Gasteiger partial charge in [-0.1, -0.05) is 5.16 Å². The fourth-order valence-electron chi connectivity index (χ4n) is 1.23. The Labute approximate surface area is 81.7 Å². The highest BCUT2D eigenvalue weighted by atomic mass is 16.5. The van der Waals surface area contributed by atoms with Crippen LogP contribution in [-0.2, 0) is 6.61 Å². The lowest BCUT2D eigenvalue weighted by atomic mass is 10.1. The van der Waals surface area contributed by atoms with Crippen LogP contribution in [0, 0.1) is 6.92 Å². The number of aromatic nitrogens is 1. The zero-order valence-corrected chi connectivity index (χ0v) is 8.06. The molecule has 0 spiro atoms. The third kappa shape index (κ3) is 1.82. The Bertz CT molecular complexity index is 350. The summed E-state index contributed by atoms with van der Waals surface area (Å²) in [6.07, 6.45) is 2.74. The zero-order chi connectivity index (χ0) is 10.6. The molecule has 2 N–H and O–H groups in total. The highest BCUT2D eigenvalue weighted by molar-refractivity contribution is 5.85. The molecule has 0 fully saturated rings. The van der Waals surface area contributed by atoms with Crippen molar-refractivity contribution in [1.29, 1.82) is 0 Å². The van der Waals surface area contributed by atoms with Gasteiger partial charge in [0.05, 0.1) is 25.6 Å². The van der Waals surface area contributed by atoms with Crippen molar-refractivity contribution in [2.45, 2.75) is 13.5 Å². The molecule has 14 heavy (non-hydrogen) atoms. The number of aliphatic hydroxyl groups excluding tert-OH is 1. The maximum Gasteiger partial charge on any atom is 0.149 e. The Kier molecular flexibility index (Phi) is 3.41. The number of oxime groups is 1. The van der Waals surface area contributed by atoms with E-state index < -0.39 is 0 Å². The molecule has 5 nitrogen and oxygen atoms in total. The molecule has 0 aliphatic rings. The van der Waals surface area contributed by atoms with Crippen molar-refractivity contribution in [2.24, 2.45) is 5.16 Å². The van der Waals surface area contributed by atoms with Gasteiger partial charge >= 0.3 is 0 Å². The molecular formula is C9H12N2O3. The Hall–Kier alpha value is -1.62. The third-order valence-electron chi connectivity index (χ3n) is 1.89. The lowest BCUT2D eigenvalue weighted by Crippen LogP contribution is -2.02. The van der Waals surface area contributed by atoms with Crippen LogP contribution >= 0.6 is 0 Å². The summed E-state index contributed by atoms with van der Waals surface area (Å²) in [4.78, 5) is 4.04. The Morgan fingerprint density at radius 3 is 2.86 bits per heavy atom. The number of methoxy groups -OCH3 is 1. The van der Waals surface area contributed by atoms with E-state index in [-0.39, 0.29) is 6.61 Å². The summed E-state index contributed by atoms with van der Waals surface area (Å²) in [5.41, 5.74) is 1.79. The second-order valence-corrected chi connectivity index (χ2v) is 2.72. The first-order valence-corrected chi connectivity index (χ1v) is 4.05. The van der Waals surface area contributed by atoms with Crippen LogP contribution in [0.25, 0.3) is 0 Å². The van der Waals surface area contributed by atoms with Gasteiger partial charge in [0.2, 0.25) is 0 Å². The summed E-state index contributed by atoms with van der Waals surface area (Å²) in [5.74, 6) is 0.509. The minimum atomic E-state index is -0.176. The summed E-state index contributed by atoms with van der Waals surface area (Å²) in [5, 5.41) is 20.4. The van der Waals surface area contributed by atoms with Crippen LogP contribution in [-0.4, -0.2) is 28.6 Å². The van der Waals surface area contributed by atoms with E-state index in [1.54, 1.807) is 6.92 Å². The minimum Gasteiger partial charge on any atom is -0.494 e. The Balaban J connectivity index is 3.35. The van der Waals surface area contributed by atoms with Gasteiger partial charge in [0.1, 0.15) is 5.75 Å². The predicted molar refractivity (Wildman–Crippen MR) is 50.8 cm³/mol. The lowest BCUT2D eigenvalue weighted by molar-refractivity contribution is 0.280. The van der Waals surface area contributed by atoms with Gasteiger partial charge in [0, 0.05) is 17.3 Å². The molecule has 76 valence electrons. The van der Waals surface area contributed by atoms with Gasteiger partial charge in [-0.15, -0.1) is 0 Å². The van der Waals surface area contributed by atoms with Crippen LogP contribution in [0.5, 0.6) is 5.75 Å². The van der Waals surface area contributed by atoms with Crippen molar-refractivity contribution in [3.63, 3.8) is 0 Å². The zero-order valence-electron chi connectivity index (χ0n) is 8.06. The molecule has 1 rings (SSSR count). The average molecular weight is 196 g/mol. The smallest absolute Gasteiger partial charge is 0.149 e. The number of hydrogen-bond donors (Lipinski definition) is 2. The topological polar surface area (TPSA) is 74.9 Å². The number of rotatable bonds is 3. The number of aliphatic hydroxyl groups is 1. The fraction of sp³-hybridized carbons (Fsp3) is 0.333. The SMILES string of the molecule is COc1c(C)ncc(CO)c1/C=N/O. The lowest BCUT2D eigenvalue weighted by Gasteiger charge is -2.10. The van der Waals surface area contributed by atoms with Crippen molar-refractivity contribution in [3.8, 4) is 5.75 Å². The molecule has 0 radical (unpaired) electrons. The average Bonchev–Trinajstić information content (AvgIpc) is 2.19. The molecule has 1 aromatic rings. The van der Waals surface area contributed by atoms with E-state index in [1.807, 2.05) is 0 Å². The second-order valence-electron chi connectivity index (χ2n) is 2.72. The van der Waals surface area contributed by atoms with E-state index in [4.69, 9.17) is 15.1 Å². The highest BCUT2D eigenvalue weighted by Crippen LogP contribution is 2.23. The van der Waals surface area contributed by atoms with Crippen molar-refractivity contribution >= 4 is 6.21 Å². The molecule has 0 saturated carbocycles. The van der Waals surface area contributed by atoms with Crippen LogP contribution in [0.1, 0.15) is 16.8 Å². The maximum absolute atomic E-state index is 9.02. The molecule has 1 aromatic heterocycles. The first kappa shape index (κ1) is 10.5. The van der Waals surface area contributed by atoms with Crippen LogP contribution in [0.2, 0.25) is 0 Å². The Morgan fingerprint density at radius 2 is 2.36 bits per heavy atom. The number of hydrogen-bond acceptors (Lipinski definition) is 5. The van der Waals surface area contributed by atoms with E-state index in [0.717, 1.165) is 0 Å². The van der Waals surface area contributed by atoms with Crippen LogP contribution in [0.3, 0.4) is 0 Å². The minimum absolute atomic E-state index is 0.176. The first-order valence-electron chi connectivity index (χ1n) is 4.05. The van der Waals surface area contributed by atoms with E-state index in [9.17, 15) is 0 Å². The van der Waals surface area contributed by atoms with Gasteiger partial charge < -0.3 is 15.1 Å². The number of nitrogens with zero attached hydrogens (tertiary/aromatic N) is 2. The van der Waals surface area contributed by atoms with E-state index in [1.165, 1.54) is 19.5 Å². The fourth-order valence-corrected chi connectivity index (χ4v) is 1.23. The summed E-state index contributed by atoms with van der Waals surface area (Å²) in [6.45, 7) is 1.60. The van der Waals surface area contributed by atoms with Crippen molar-refractivity contribution in [1.82, 2.24) is 4.98 Å². The second kappa shape index (κ2) is 4.57. The molecule has 0 aliphatic carbocycles. The van der Waals surface area contributed by atoms with Crippen LogP contribution in [0.4, 0.5) is 0 Å². The molecule has 1 heterocycles. The number of ether oxygens (including phenoxy) is 1.